The summed E-state index contributed by atoms with van der Waals surface area (Å²) in [6.07, 6.45) is 1.04. The van der Waals surface area contributed by atoms with Crippen LogP contribution < -0.4 is 4.74 Å². The molecule has 8 heteroatoms. The number of benzene rings is 1. The first kappa shape index (κ1) is 13.8. The first-order valence-electron chi connectivity index (χ1n) is 5.33. The maximum absolute atomic E-state index is 11.3. The van der Waals surface area contributed by atoms with Crippen molar-refractivity contribution in [2.75, 3.05) is 13.4 Å². The summed E-state index contributed by atoms with van der Waals surface area (Å²) in [6, 6.07) is 7.29. The van der Waals surface area contributed by atoms with Gasteiger partial charge in [0.1, 0.15) is 5.75 Å². The van der Waals surface area contributed by atoms with Crippen molar-refractivity contribution >= 4 is 21.4 Å². The zero-order chi connectivity index (χ0) is 14.0. The summed E-state index contributed by atoms with van der Waals surface area (Å²) in [4.78, 5) is 3.72. The molecule has 2 aromatic rings. The predicted molar refractivity (Wildman–Crippen MR) is 70.2 cm³/mol. The Kier molecular flexibility index (Phi) is 3.77. The van der Waals surface area contributed by atoms with Crippen LogP contribution in [-0.2, 0) is 16.4 Å². The van der Waals surface area contributed by atoms with E-state index in [0.717, 1.165) is 17.6 Å². The minimum atomic E-state index is -3.45. The molecule has 0 unspecified atom stereocenters. The maximum atomic E-state index is 11.3. The van der Waals surface area contributed by atoms with E-state index in [0.29, 0.717) is 6.54 Å². The maximum Gasteiger partial charge on any atom is 0.267 e. The highest BCUT2D eigenvalue weighted by molar-refractivity contribution is 7.90. The summed E-state index contributed by atoms with van der Waals surface area (Å²) in [5.74, 6) is 0.741. The smallest absolute Gasteiger partial charge is 0.267 e. The molecule has 0 aliphatic carbocycles. The molecule has 0 radical (unpaired) electrons. The Morgan fingerprint density at radius 2 is 1.95 bits per heavy atom. The predicted octanol–water partition coefficient (Wildman–Crippen LogP) is 1.39. The summed E-state index contributed by atoms with van der Waals surface area (Å²) >= 11 is 5.86. The molecule has 0 fully saturated rings. The molecule has 0 aliphatic heterocycles. The molecule has 0 atom stereocenters. The fourth-order valence-corrected chi connectivity index (χ4v) is 2.19. The molecule has 0 bridgehead atoms. The normalized spacial score (nSPS) is 11.5. The Morgan fingerprint density at radius 3 is 2.42 bits per heavy atom. The van der Waals surface area contributed by atoms with Crippen LogP contribution in [0.1, 0.15) is 5.56 Å². The standard InChI is InChI=1S/C11H12ClN3O3S/c1-18-9-5-3-8(4-6-9)7-15-10(12)13-11(14-15)19(2,16)17/h3-6H,7H2,1-2H3. The number of aromatic nitrogens is 3. The molecule has 6 nitrogen and oxygen atoms in total. The van der Waals surface area contributed by atoms with Gasteiger partial charge < -0.3 is 4.74 Å². The van der Waals surface area contributed by atoms with Gasteiger partial charge in [0.05, 0.1) is 13.7 Å². The summed E-state index contributed by atoms with van der Waals surface area (Å²) < 4.78 is 29.0. The van der Waals surface area contributed by atoms with Gasteiger partial charge in [-0.05, 0) is 29.3 Å². The van der Waals surface area contributed by atoms with E-state index in [1.165, 1.54) is 4.68 Å². The van der Waals surface area contributed by atoms with E-state index < -0.39 is 9.84 Å². The molecule has 0 saturated heterocycles. The van der Waals surface area contributed by atoms with Crippen molar-refractivity contribution in [2.45, 2.75) is 11.7 Å². The van der Waals surface area contributed by atoms with Crippen LogP contribution in [0.2, 0.25) is 5.28 Å². The van der Waals surface area contributed by atoms with Crippen LogP contribution in [-0.4, -0.2) is 36.5 Å². The first-order chi connectivity index (χ1) is 8.90. The molecule has 0 N–H and O–H groups in total. The Balaban J connectivity index is 2.25. The van der Waals surface area contributed by atoms with Gasteiger partial charge in [0.15, 0.2) is 0 Å². The van der Waals surface area contributed by atoms with Gasteiger partial charge in [0, 0.05) is 6.26 Å². The molecule has 102 valence electrons. The molecule has 0 aliphatic rings. The van der Waals surface area contributed by atoms with Crippen LogP contribution in [0, 0.1) is 0 Å². The van der Waals surface area contributed by atoms with E-state index in [1.807, 2.05) is 12.1 Å². The second kappa shape index (κ2) is 5.18. The largest absolute Gasteiger partial charge is 0.497 e. The van der Waals surface area contributed by atoms with Gasteiger partial charge in [-0.3, -0.25) is 0 Å². The molecular weight excluding hydrogens is 290 g/mol. The molecule has 0 saturated carbocycles. The third kappa shape index (κ3) is 3.24. The minimum absolute atomic E-state index is 0.0382. The van der Waals surface area contributed by atoms with Crippen molar-refractivity contribution in [3.05, 3.63) is 35.1 Å². The Labute approximate surface area is 115 Å². The minimum Gasteiger partial charge on any atom is -0.497 e. The van der Waals surface area contributed by atoms with E-state index >= 15 is 0 Å². The summed E-state index contributed by atoms with van der Waals surface area (Å²) in [7, 11) is -1.87. The Bertz CT molecular complexity index is 680. The fourth-order valence-electron chi connectivity index (χ4n) is 1.47. The van der Waals surface area contributed by atoms with Crippen molar-refractivity contribution in [3.8, 4) is 5.75 Å². The van der Waals surface area contributed by atoms with Crippen molar-refractivity contribution in [1.29, 1.82) is 0 Å². The van der Waals surface area contributed by atoms with Crippen molar-refractivity contribution in [3.63, 3.8) is 0 Å². The lowest BCUT2D eigenvalue weighted by atomic mass is 10.2. The number of halogens is 1. The topological polar surface area (TPSA) is 74.1 Å². The molecule has 1 aromatic heterocycles. The molecular formula is C11H12ClN3O3S. The van der Waals surface area contributed by atoms with Gasteiger partial charge in [-0.1, -0.05) is 12.1 Å². The molecule has 19 heavy (non-hydrogen) atoms. The fraction of sp³-hybridized carbons (Fsp3) is 0.273. The number of ether oxygens (including phenoxy) is 1. The molecule has 0 spiro atoms. The van der Waals surface area contributed by atoms with E-state index in [9.17, 15) is 8.42 Å². The number of methoxy groups -OCH3 is 1. The second-order valence-electron chi connectivity index (χ2n) is 3.94. The SMILES string of the molecule is COc1ccc(Cn2nc(S(C)(=O)=O)nc2Cl)cc1. The van der Waals surface area contributed by atoms with Crippen LogP contribution in [0.25, 0.3) is 0 Å². The quantitative estimate of drug-likeness (QED) is 0.853. The van der Waals surface area contributed by atoms with E-state index in [2.05, 4.69) is 10.1 Å². The van der Waals surface area contributed by atoms with Gasteiger partial charge in [-0.25, -0.2) is 13.1 Å². The van der Waals surface area contributed by atoms with Crippen LogP contribution in [0.3, 0.4) is 0 Å². The summed E-state index contributed by atoms with van der Waals surface area (Å²) in [5.41, 5.74) is 0.910. The van der Waals surface area contributed by atoms with E-state index in [-0.39, 0.29) is 10.4 Å². The number of nitrogens with zero attached hydrogens (tertiary/aromatic N) is 3. The summed E-state index contributed by atoms with van der Waals surface area (Å²) in [6.45, 7) is 0.339. The molecule has 0 amide bonds. The van der Waals surface area contributed by atoms with Gasteiger partial charge in [0.25, 0.3) is 5.16 Å². The highest BCUT2D eigenvalue weighted by Crippen LogP contribution is 2.15. The van der Waals surface area contributed by atoms with Gasteiger partial charge in [-0.2, -0.15) is 4.98 Å². The third-order valence-electron chi connectivity index (χ3n) is 2.43. The monoisotopic (exact) mass is 301 g/mol. The van der Waals surface area contributed by atoms with Crippen LogP contribution in [0.4, 0.5) is 0 Å². The van der Waals surface area contributed by atoms with Crippen molar-refractivity contribution < 1.29 is 13.2 Å². The summed E-state index contributed by atoms with van der Waals surface area (Å²) in [5, 5.41) is 3.64. The zero-order valence-corrected chi connectivity index (χ0v) is 11.9. The lowest BCUT2D eigenvalue weighted by Crippen LogP contribution is -2.04. The van der Waals surface area contributed by atoms with Gasteiger partial charge >= 0.3 is 0 Å². The lowest BCUT2D eigenvalue weighted by Gasteiger charge is -2.04. The molecule has 2 rings (SSSR count). The average molecular weight is 302 g/mol. The van der Waals surface area contributed by atoms with E-state index in [1.54, 1.807) is 19.2 Å². The average Bonchev–Trinajstić information content (AvgIpc) is 2.72. The zero-order valence-electron chi connectivity index (χ0n) is 10.4. The van der Waals surface area contributed by atoms with Gasteiger partial charge in [-0.15, -0.1) is 5.10 Å². The number of hydrogen-bond acceptors (Lipinski definition) is 5. The second-order valence-corrected chi connectivity index (χ2v) is 6.19. The van der Waals surface area contributed by atoms with Crippen molar-refractivity contribution in [2.24, 2.45) is 0 Å². The first-order valence-corrected chi connectivity index (χ1v) is 7.60. The highest BCUT2D eigenvalue weighted by atomic mass is 35.5. The highest BCUT2D eigenvalue weighted by Gasteiger charge is 2.16. The third-order valence-corrected chi connectivity index (χ3v) is 3.55. The van der Waals surface area contributed by atoms with Crippen LogP contribution in [0.15, 0.2) is 29.4 Å². The Morgan fingerprint density at radius 1 is 1.32 bits per heavy atom. The number of hydrogen-bond donors (Lipinski definition) is 0. The Hall–Kier alpha value is -1.60. The molecule has 1 heterocycles. The van der Waals surface area contributed by atoms with Gasteiger partial charge in [0.2, 0.25) is 15.1 Å². The van der Waals surface area contributed by atoms with Crippen LogP contribution >= 0.6 is 11.6 Å². The number of rotatable bonds is 4. The lowest BCUT2D eigenvalue weighted by molar-refractivity contribution is 0.414. The van der Waals surface area contributed by atoms with Crippen LogP contribution in [0.5, 0.6) is 5.75 Å². The van der Waals surface area contributed by atoms with Crippen molar-refractivity contribution in [1.82, 2.24) is 14.8 Å². The molecule has 1 aromatic carbocycles. The van der Waals surface area contributed by atoms with E-state index in [4.69, 9.17) is 16.3 Å². The number of sulfone groups is 1.